The van der Waals surface area contributed by atoms with Gasteiger partial charge < -0.3 is 0 Å². The molecule has 1 aliphatic rings. The second-order valence-corrected chi connectivity index (χ2v) is 7.22. The number of rotatable bonds is 0. The molecule has 1 rings (SSSR count). The molecule has 0 radical (unpaired) electrons. The minimum Gasteiger partial charge on any atom is -0.291 e. The number of aliphatic imine (C=N–C) groups is 1. The van der Waals surface area contributed by atoms with Gasteiger partial charge in [-0.05, 0) is 0 Å². The lowest BCUT2D eigenvalue weighted by molar-refractivity contribution is -0.126. The zero-order valence-corrected chi connectivity index (χ0v) is 11.5. The molecular formula is C6H4Cl6N2O. The third-order valence-corrected chi connectivity index (χ3v) is 2.57. The van der Waals surface area contributed by atoms with Gasteiger partial charge in [-0.2, -0.15) is 0 Å². The van der Waals surface area contributed by atoms with Crippen molar-refractivity contribution in [1.82, 2.24) is 4.90 Å². The van der Waals surface area contributed by atoms with Crippen LogP contribution in [0.5, 0.6) is 0 Å². The maximum Gasteiger partial charge on any atom is 0.280 e. The first-order valence-corrected chi connectivity index (χ1v) is 5.91. The van der Waals surface area contributed by atoms with Crippen molar-refractivity contribution in [2.75, 3.05) is 13.1 Å². The lowest BCUT2D eigenvalue weighted by Crippen LogP contribution is -2.46. The van der Waals surface area contributed by atoms with Crippen molar-refractivity contribution < 1.29 is 4.79 Å². The summed E-state index contributed by atoms with van der Waals surface area (Å²) in [6.45, 7) is 0.547. The van der Waals surface area contributed by atoms with E-state index in [0.717, 1.165) is 4.90 Å². The zero-order chi connectivity index (χ0) is 11.9. The van der Waals surface area contributed by atoms with Crippen LogP contribution >= 0.6 is 69.6 Å². The fraction of sp³-hybridized carbons (Fsp3) is 0.667. The standard InChI is InChI=1S/C6H4Cl6N2O/c7-5(8,9)3-13-1-2-14(3)4(15)6(10,11)12/h1-2H2. The third kappa shape index (κ3) is 3.42. The molecule has 0 N–H and O–H groups in total. The molecule has 0 aliphatic carbocycles. The Morgan fingerprint density at radius 1 is 1.20 bits per heavy atom. The summed E-state index contributed by atoms with van der Waals surface area (Å²) in [7, 11) is 0. The Hall–Kier alpha value is 0.880. The van der Waals surface area contributed by atoms with E-state index in [4.69, 9.17) is 69.6 Å². The van der Waals surface area contributed by atoms with E-state index in [1.807, 2.05) is 0 Å². The third-order valence-electron chi connectivity index (χ3n) is 1.58. The Labute approximate surface area is 116 Å². The first-order valence-electron chi connectivity index (χ1n) is 3.64. The summed E-state index contributed by atoms with van der Waals surface area (Å²) >= 11 is 33.1. The van der Waals surface area contributed by atoms with Crippen LogP contribution in [0, 0.1) is 0 Å². The zero-order valence-electron chi connectivity index (χ0n) is 6.98. The first kappa shape index (κ1) is 13.9. The summed E-state index contributed by atoms with van der Waals surface area (Å²) < 4.78 is -3.89. The Morgan fingerprint density at radius 2 is 1.73 bits per heavy atom. The van der Waals surface area contributed by atoms with Gasteiger partial charge in [0.1, 0.15) is 0 Å². The van der Waals surface area contributed by atoms with Gasteiger partial charge in [-0.3, -0.25) is 14.7 Å². The monoisotopic (exact) mass is 330 g/mol. The highest BCUT2D eigenvalue weighted by atomic mass is 35.6. The maximum absolute atomic E-state index is 11.6. The second kappa shape index (κ2) is 4.63. The molecule has 0 aromatic carbocycles. The maximum atomic E-state index is 11.6. The van der Waals surface area contributed by atoms with E-state index >= 15 is 0 Å². The van der Waals surface area contributed by atoms with Gasteiger partial charge in [-0.15, -0.1) is 0 Å². The molecule has 1 aliphatic heterocycles. The van der Waals surface area contributed by atoms with E-state index in [2.05, 4.69) is 4.99 Å². The SMILES string of the molecule is O=C(N1CCN=C1C(Cl)(Cl)Cl)C(Cl)(Cl)Cl. The van der Waals surface area contributed by atoms with E-state index in [1.165, 1.54) is 0 Å². The van der Waals surface area contributed by atoms with Crippen LogP contribution in [0.25, 0.3) is 0 Å². The molecule has 0 unspecified atom stereocenters. The van der Waals surface area contributed by atoms with E-state index in [-0.39, 0.29) is 12.4 Å². The van der Waals surface area contributed by atoms with E-state index in [1.54, 1.807) is 0 Å². The van der Waals surface area contributed by atoms with Gasteiger partial charge in [0, 0.05) is 6.54 Å². The molecule has 0 aromatic rings. The van der Waals surface area contributed by atoms with Crippen LogP contribution in [0.1, 0.15) is 0 Å². The van der Waals surface area contributed by atoms with Gasteiger partial charge in [-0.25, -0.2) is 0 Å². The van der Waals surface area contributed by atoms with Gasteiger partial charge in [0.2, 0.25) is 3.79 Å². The van der Waals surface area contributed by atoms with Crippen molar-refractivity contribution in [3.05, 3.63) is 0 Å². The number of nitrogens with zero attached hydrogens (tertiary/aromatic N) is 2. The molecule has 3 nitrogen and oxygen atoms in total. The lowest BCUT2D eigenvalue weighted by Gasteiger charge is -2.25. The Kier molecular flexibility index (Phi) is 4.30. The quantitative estimate of drug-likeness (QED) is 0.628. The van der Waals surface area contributed by atoms with Crippen molar-refractivity contribution in [2.24, 2.45) is 4.99 Å². The topological polar surface area (TPSA) is 32.7 Å². The number of hydrogen-bond acceptors (Lipinski definition) is 2. The van der Waals surface area contributed by atoms with Crippen LogP contribution in [0.3, 0.4) is 0 Å². The highest BCUT2D eigenvalue weighted by Gasteiger charge is 2.44. The number of hydrogen-bond donors (Lipinski definition) is 0. The van der Waals surface area contributed by atoms with Crippen LogP contribution < -0.4 is 0 Å². The average Bonchev–Trinajstić information content (AvgIpc) is 2.47. The molecule has 0 fully saturated rings. The summed E-state index contributed by atoms with van der Waals surface area (Å²) in [6.07, 6.45) is 0. The van der Waals surface area contributed by atoms with Gasteiger partial charge in [-0.1, -0.05) is 69.6 Å². The second-order valence-electron chi connectivity index (χ2n) is 2.66. The molecule has 0 saturated carbocycles. The van der Waals surface area contributed by atoms with E-state index < -0.39 is 13.5 Å². The number of carbonyl (C=O) groups excluding carboxylic acids is 1. The molecule has 0 saturated heterocycles. The summed E-state index contributed by atoms with van der Waals surface area (Å²) in [5.41, 5.74) is 0. The number of amidine groups is 1. The lowest BCUT2D eigenvalue weighted by atomic mass is 10.5. The summed E-state index contributed by atoms with van der Waals surface area (Å²) in [5.74, 6) is -0.807. The summed E-state index contributed by atoms with van der Waals surface area (Å²) in [4.78, 5) is 16.5. The van der Waals surface area contributed by atoms with E-state index in [9.17, 15) is 4.79 Å². The fourth-order valence-electron chi connectivity index (χ4n) is 1.04. The van der Waals surface area contributed by atoms with Gasteiger partial charge in [0.15, 0.2) is 5.84 Å². The molecule has 0 aromatic heterocycles. The molecular weight excluding hydrogens is 329 g/mol. The van der Waals surface area contributed by atoms with Gasteiger partial charge in [0.25, 0.3) is 9.70 Å². The van der Waals surface area contributed by atoms with Crippen molar-refractivity contribution in [1.29, 1.82) is 0 Å². The van der Waals surface area contributed by atoms with Crippen LogP contribution in [-0.4, -0.2) is 37.3 Å². The van der Waals surface area contributed by atoms with Crippen LogP contribution in [0.2, 0.25) is 0 Å². The Bertz CT molecular complexity index is 304. The Morgan fingerprint density at radius 3 is 2.13 bits per heavy atom. The normalized spacial score (nSPS) is 18.0. The number of carbonyl (C=O) groups is 1. The first-order chi connectivity index (χ1) is 6.64. The highest BCUT2D eigenvalue weighted by Crippen LogP contribution is 2.35. The number of halogens is 6. The van der Waals surface area contributed by atoms with Crippen LogP contribution in [0.4, 0.5) is 0 Å². The minimum atomic E-state index is -2.08. The molecule has 15 heavy (non-hydrogen) atoms. The molecule has 9 heteroatoms. The van der Waals surface area contributed by atoms with Crippen molar-refractivity contribution in [3.63, 3.8) is 0 Å². The fourth-order valence-corrected chi connectivity index (χ4v) is 1.83. The Balaban J connectivity index is 2.91. The van der Waals surface area contributed by atoms with Crippen LogP contribution in [-0.2, 0) is 4.79 Å². The molecule has 86 valence electrons. The van der Waals surface area contributed by atoms with Crippen LogP contribution in [0.15, 0.2) is 4.99 Å². The van der Waals surface area contributed by atoms with Crippen molar-refractivity contribution in [2.45, 2.75) is 7.59 Å². The molecule has 0 bridgehead atoms. The summed E-state index contributed by atoms with van der Waals surface area (Å²) in [6, 6.07) is 0. The predicted molar refractivity (Wildman–Crippen MR) is 64.6 cm³/mol. The predicted octanol–water partition coefficient (Wildman–Crippen LogP) is 2.97. The van der Waals surface area contributed by atoms with Crippen molar-refractivity contribution in [3.8, 4) is 0 Å². The van der Waals surface area contributed by atoms with Gasteiger partial charge >= 0.3 is 0 Å². The minimum absolute atomic E-state index is 0.0242. The molecule has 0 atom stereocenters. The molecule has 1 heterocycles. The van der Waals surface area contributed by atoms with E-state index in [0.29, 0.717) is 6.54 Å². The highest BCUT2D eigenvalue weighted by molar-refractivity contribution is 6.79. The number of amides is 1. The number of alkyl halides is 6. The summed E-state index contributed by atoms with van der Waals surface area (Å²) in [5, 5.41) is 0. The average molecular weight is 333 g/mol. The smallest absolute Gasteiger partial charge is 0.280 e. The van der Waals surface area contributed by atoms with Gasteiger partial charge in [0.05, 0.1) is 6.54 Å². The molecule has 1 amide bonds. The molecule has 0 spiro atoms. The largest absolute Gasteiger partial charge is 0.291 e. The van der Waals surface area contributed by atoms with Crippen molar-refractivity contribution >= 4 is 81.3 Å².